The minimum atomic E-state index is -4.64. The highest BCUT2D eigenvalue weighted by Gasteiger charge is 2.40. The normalized spacial score (nSPS) is 14.6. The number of alkyl halides is 3. The van der Waals surface area contributed by atoms with Gasteiger partial charge in [0.1, 0.15) is 17.6 Å². The van der Waals surface area contributed by atoms with Crippen LogP contribution in [-0.2, 0) is 17.4 Å². The van der Waals surface area contributed by atoms with Crippen molar-refractivity contribution in [2.75, 3.05) is 24.7 Å². The molecule has 0 atom stereocenters. The molecule has 0 unspecified atom stereocenters. The molecule has 0 spiro atoms. The summed E-state index contributed by atoms with van der Waals surface area (Å²) in [6, 6.07) is 15.5. The summed E-state index contributed by atoms with van der Waals surface area (Å²) in [6.07, 6.45) is -0.462. The van der Waals surface area contributed by atoms with E-state index in [0.717, 1.165) is 16.0 Å². The van der Waals surface area contributed by atoms with Crippen molar-refractivity contribution in [2.24, 2.45) is 0 Å². The molecule has 1 saturated heterocycles. The minimum Gasteiger partial charge on any atom is -0.468 e. The van der Waals surface area contributed by atoms with Crippen LogP contribution < -0.4 is 5.32 Å². The number of benzene rings is 2. The average Bonchev–Trinajstić information content (AvgIpc) is 3.26. The molecule has 0 aliphatic carbocycles. The molecule has 1 fully saturated rings. The van der Waals surface area contributed by atoms with Crippen LogP contribution in [0.25, 0.3) is 0 Å². The van der Waals surface area contributed by atoms with Crippen molar-refractivity contribution in [1.29, 1.82) is 0 Å². The van der Waals surface area contributed by atoms with Crippen molar-refractivity contribution in [3.05, 3.63) is 82.8 Å². The smallest absolute Gasteiger partial charge is 0.420 e. The van der Waals surface area contributed by atoms with Crippen LogP contribution in [0.4, 0.5) is 18.9 Å². The number of rotatable bonds is 6. The van der Waals surface area contributed by atoms with Gasteiger partial charge in [-0.1, -0.05) is 24.3 Å². The number of carbonyl (C=O) groups excluding carboxylic acids is 2. The summed E-state index contributed by atoms with van der Waals surface area (Å²) in [5.41, 5.74) is 1.29. The monoisotopic (exact) mass is 516 g/mol. The van der Waals surface area contributed by atoms with E-state index in [1.54, 1.807) is 11.8 Å². The molecule has 2 aromatic carbocycles. The molecule has 2 amide bonds. The highest BCUT2D eigenvalue weighted by Crippen LogP contribution is 2.36. The summed E-state index contributed by atoms with van der Waals surface area (Å²) in [4.78, 5) is 27.8. The highest BCUT2D eigenvalue weighted by atomic mass is 32.2. The summed E-state index contributed by atoms with van der Waals surface area (Å²) in [5, 5.41) is 2.91. The van der Waals surface area contributed by atoms with Gasteiger partial charge in [-0.05, 0) is 67.3 Å². The van der Waals surface area contributed by atoms with E-state index in [0.29, 0.717) is 37.9 Å². The third-order valence-electron chi connectivity index (χ3n) is 6.47. The largest absolute Gasteiger partial charge is 0.468 e. The van der Waals surface area contributed by atoms with Gasteiger partial charge in [0.2, 0.25) is 5.91 Å². The third-order valence-corrected chi connectivity index (χ3v) is 7.21. The molecule has 2 heterocycles. The Kier molecular flexibility index (Phi) is 7.78. The number of thioether (sulfide) groups is 1. The van der Waals surface area contributed by atoms with Crippen LogP contribution in [0, 0.1) is 6.92 Å². The van der Waals surface area contributed by atoms with E-state index in [9.17, 15) is 22.8 Å². The first-order valence-corrected chi connectivity index (χ1v) is 12.9. The summed E-state index contributed by atoms with van der Waals surface area (Å²) in [5.74, 6) is -0.585. The number of likely N-dealkylation sites (tertiary alicyclic amines) is 1. The Labute approximate surface area is 212 Å². The number of carbonyl (C=O) groups is 2. The lowest BCUT2D eigenvalue weighted by Gasteiger charge is -2.32. The van der Waals surface area contributed by atoms with Crippen molar-refractivity contribution < 1.29 is 27.2 Å². The van der Waals surface area contributed by atoms with E-state index in [1.807, 2.05) is 54.8 Å². The van der Waals surface area contributed by atoms with Gasteiger partial charge in [-0.15, -0.1) is 11.8 Å². The molecular weight excluding hydrogens is 489 g/mol. The minimum absolute atomic E-state index is 0.0240. The average molecular weight is 517 g/mol. The maximum Gasteiger partial charge on any atom is 0.420 e. The first-order valence-electron chi connectivity index (χ1n) is 11.6. The second-order valence-electron chi connectivity index (χ2n) is 8.84. The molecule has 0 saturated carbocycles. The number of anilines is 1. The summed E-state index contributed by atoms with van der Waals surface area (Å²) in [6.45, 7) is 2.09. The summed E-state index contributed by atoms with van der Waals surface area (Å²) < 4.78 is 44.7. The fourth-order valence-electron chi connectivity index (χ4n) is 4.48. The third kappa shape index (κ3) is 5.95. The first kappa shape index (κ1) is 25.9. The Morgan fingerprint density at radius 2 is 1.69 bits per heavy atom. The zero-order chi connectivity index (χ0) is 25.9. The first-order chi connectivity index (χ1) is 17.2. The number of hydrogen-bond acceptors (Lipinski definition) is 4. The van der Waals surface area contributed by atoms with Gasteiger partial charge in [0.25, 0.3) is 5.91 Å². The predicted octanol–water partition coefficient (Wildman–Crippen LogP) is 6.53. The zero-order valence-electron chi connectivity index (χ0n) is 20.0. The topological polar surface area (TPSA) is 62.6 Å². The van der Waals surface area contributed by atoms with Crippen LogP contribution in [0.3, 0.4) is 0 Å². The molecular formula is C27H27F3N2O3S. The van der Waals surface area contributed by atoms with Gasteiger partial charge in [0.05, 0.1) is 12.0 Å². The maximum atomic E-state index is 13.3. The lowest BCUT2D eigenvalue weighted by molar-refractivity contribution is -0.138. The Hall–Kier alpha value is -3.20. The number of aryl methyl sites for hydroxylation is 1. The van der Waals surface area contributed by atoms with Gasteiger partial charge in [0, 0.05) is 23.7 Å². The Morgan fingerprint density at radius 3 is 2.28 bits per heavy atom. The summed E-state index contributed by atoms with van der Waals surface area (Å²) >= 11 is 1.65. The van der Waals surface area contributed by atoms with Crippen LogP contribution >= 0.6 is 11.8 Å². The van der Waals surface area contributed by atoms with Crippen LogP contribution in [-0.4, -0.2) is 36.1 Å². The molecule has 0 bridgehead atoms. The molecule has 3 aromatic rings. The van der Waals surface area contributed by atoms with Gasteiger partial charge < -0.3 is 14.6 Å². The molecule has 1 aromatic heterocycles. The van der Waals surface area contributed by atoms with Crippen molar-refractivity contribution in [3.8, 4) is 0 Å². The molecule has 1 aliphatic heterocycles. The van der Waals surface area contributed by atoms with Gasteiger partial charge in [-0.2, -0.15) is 13.2 Å². The Balaban J connectivity index is 1.32. The number of amides is 2. The molecule has 4 rings (SSSR count). The molecule has 1 aliphatic rings. The van der Waals surface area contributed by atoms with E-state index >= 15 is 0 Å². The van der Waals surface area contributed by atoms with Gasteiger partial charge >= 0.3 is 6.18 Å². The van der Waals surface area contributed by atoms with Crippen LogP contribution in [0.2, 0.25) is 0 Å². The van der Waals surface area contributed by atoms with E-state index < -0.39 is 23.2 Å². The molecule has 0 radical (unpaired) electrons. The zero-order valence-corrected chi connectivity index (χ0v) is 20.8. The molecule has 190 valence electrons. The SMILES string of the molecule is CSc1ccc(CC(=O)Nc2ccc(C3CCN(C(=O)c4c(C(F)(F)F)coc4C)CC3)cc2)cc1. The second kappa shape index (κ2) is 10.8. The molecule has 5 nitrogen and oxygen atoms in total. The van der Waals surface area contributed by atoms with Crippen molar-refractivity contribution in [1.82, 2.24) is 4.90 Å². The van der Waals surface area contributed by atoms with Gasteiger partial charge in [0.15, 0.2) is 0 Å². The number of hydrogen-bond donors (Lipinski definition) is 1. The maximum absolute atomic E-state index is 13.3. The summed E-state index contributed by atoms with van der Waals surface area (Å²) in [7, 11) is 0. The molecule has 1 N–H and O–H groups in total. The van der Waals surface area contributed by atoms with Gasteiger partial charge in [-0.25, -0.2) is 0 Å². The number of nitrogens with one attached hydrogen (secondary N) is 1. The second-order valence-corrected chi connectivity index (χ2v) is 9.72. The van der Waals surface area contributed by atoms with Crippen molar-refractivity contribution in [3.63, 3.8) is 0 Å². The fraction of sp³-hybridized carbons (Fsp3) is 0.333. The lowest BCUT2D eigenvalue weighted by Crippen LogP contribution is -2.38. The fourth-order valence-corrected chi connectivity index (χ4v) is 4.88. The lowest BCUT2D eigenvalue weighted by atomic mass is 9.89. The van der Waals surface area contributed by atoms with Gasteiger partial charge in [-0.3, -0.25) is 9.59 Å². The molecule has 36 heavy (non-hydrogen) atoms. The number of nitrogens with zero attached hydrogens (tertiary/aromatic N) is 1. The van der Waals surface area contributed by atoms with E-state index in [2.05, 4.69) is 5.32 Å². The van der Waals surface area contributed by atoms with Crippen LogP contribution in [0.15, 0.2) is 64.1 Å². The van der Waals surface area contributed by atoms with Crippen molar-refractivity contribution >= 4 is 29.3 Å². The quantitative estimate of drug-likeness (QED) is 0.379. The van der Waals surface area contributed by atoms with Crippen molar-refractivity contribution in [2.45, 2.75) is 43.2 Å². The number of piperidine rings is 1. The van der Waals surface area contributed by atoms with E-state index in [4.69, 9.17) is 4.42 Å². The van der Waals surface area contributed by atoms with Crippen LogP contribution in [0.1, 0.15) is 51.6 Å². The predicted molar refractivity (Wildman–Crippen MR) is 133 cm³/mol. The molecule has 9 heteroatoms. The number of halogens is 3. The standard InChI is InChI=1S/C27H27F3N2O3S/c1-17-25(23(16-35-17)27(28,29)30)26(34)32-13-11-20(12-14-32)19-5-7-21(8-6-19)31-24(33)15-18-3-9-22(36-2)10-4-18/h3-10,16,20H,11-15H2,1-2H3,(H,31,33). The Morgan fingerprint density at radius 1 is 1.06 bits per heavy atom. The highest BCUT2D eigenvalue weighted by molar-refractivity contribution is 7.98. The van der Waals surface area contributed by atoms with E-state index in [-0.39, 0.29) is 24.0 Å². The number of furan rings is 1. The van der Waals surface area contributed by atoms with E-state index in [1.165, 1.54) is 11.8 Å². The Bertz CT molecular complexity index is 1210. The van der Waals surface area contributed by atoms with Crippen LogP contribution in [0.5, 0.6) is 0 Å².